The Hall–Kier alpha value is -2.78. The molecule has 0 aliphatic carbocycles. The van der Waals surface area contributed by atoms with Gasteiger partial charge in [0.15, 0.2) is 6.10 Å². The van der Waals surface area contributed by atoms with Crippen LogP contribution in [-0.2, 0) is 4.79 Å². The molecule has 0 heterocycles. The summed E-state index contributed by atoms with van der Waals surface area (Å²) in [5, 5.41) is 3.67. The molecule has 0 saturated heterocycles. The number of carbonyl (C=O) groups is 1. The molecular weight excluding hydrogens is 370 g/mol. The molecule has 3 aromatic carbocycles. The van der Waals surface area contributed by atoms with Crippen LogP contribution in [0.5, 0.6) is 5.75 Å². The Balaban J connectivity index is 1.86. The summed E-state index contributed by atoms with van der Waals surface area (Å²) in [5.74, 6) is 0.345. The highest BCUT2D eigenvalue weighted by atomic mass is 35.5. The van der Waals surface area contributed by atoms with E-state index in [4.69, 9.17) is 16.3 Å². The first-order chi connectivity index (χ1) is 13.6. The summed E-state index contributed by atoms with van der Waals surface area (Å²) in [5.41, 5.74) is 3.21. The number of nitrogens with one attached hydrogen (secondary N) is 1. The van der Waals surface area contributed by atoms with Crippen LogP contribution in [0, 0.1) is 6.92 Å². The molecule has 0 unspecified atom stereocenters. The quantitative estimate of drug-likeness (QED) is 0.558. The van der Waals surface area contributed by atoms with E-state index in [1.165, 1.54) is 0 Å². The van der Waals surface area contributed by atoms with Crippen molar-refractivity contribution in [3.63, 3.8) is 0 Å². The molecule has 2 atom stereocenters. The summed E-state index contributed by atoms with van der Waals surface area (Å²) < 4.78 is 5.92. The van der Waals surface area contributed by atoms with Gasteiger partial charge in [0.1, 0.15) is 5.75 Å². The zero-order valence-electron chi connectivity index (χ0n) is 16.1. The van der Waals surface area contributed by atoms with Gasteiger partial charge in [-0.15, -0.1) is 0 Å². The fourth-order valence-corrected chi connectivity index (χ4v) is 3.33. The summed E-state index contributed by atoms with van der Waals surface area (Å²) in [6.45, 7) is 3.97. The molecule has 3 rings (SSSR count). The normalized spacial score (nSPS) is 12.8. The Bertz CT molecular complexity index is 927. The highest BCUT2D eigenvalue weighted by molar-refractivity contribution is 6.32. The van der Waals surface area contributed by atoms with E-state index in [2.05, 4.69) is 18.3 Å². The summed E-state index contributed by atoms with van der Waals surface area (Å²) in [6, 6.07) is 25.0. The molecule has 0 bridgehead atoms. The van der Waals surface area contributed by atoms with E-state index >= 15 is 0 Å². The van der Waals surface area contributed by atoms with Gasteiger partial charge in [-0.3, -0.25) is 4.79 Å². The van der Waals surface area contributed by atoms with E-state index in [0.717, 1.165) is 16.7 Å². The van der Waals surface area contributed by atoms with Crippen LogP contribution in [0.15, 0.2) is 78.9 Å². The summed E-state index contributed by atoms with van der Waals surface area (Å²) in [4.78, 5) is 13.1. The van der Waals surface area contributed by atoms with Crippen molar-refractivity contribution in [1.82, 2.24) is 5.32 Å². The average Bonchev–Trinajstić information content (AvgIpc) is 2.72. The molecule has 1 amide bonds. The number of rotatable bonds is 7. The van der Waals surface area contributed by atoms with E-state index in [0.29, 0.717) is 17.2 Å². The van der Waals surface area contributed by atoms with Crippen LogP contribution in [-0.4, -0.2) is 12.0 Å². The van der Waals surface area contributed by atoms with Gasteiger partial charge < -0.3 is 10.1 Å². The van der Waals surface area contributed by atoms with Gasteiger partial charge in [0, 0.05) is 0 Å². The highest BCUT2D eigenvalue weighted by Gasteiger charge is 2.25. The number of amides is 1. The standard InChI is InChI=1S/C24H24ClNO2/c1-3-21(28-22-16-10-9-15-20(22)25)24(27)26-23(18-12-5-4-6-13-18)19-14-8-7-11-17(19)2/h4-16,21,23H,3H2,1-2H3,(H,26,27)/t21-,23+/m1/s1. The first-order valence-electron chi connectivity index (χ1n) is 9.42. The molecule has 28 heavy (non-hydrogen) atoms. The number of carbonyl (C=O) groups excluding carboxylic acids is 1. The fourth-order valence-electron chi connectivity index (χ4n) is 3.15. The van der Waals surface area contributed by atoms with Gasteiger partial charge in [0.2, 0.25) is 0 Å². The molecule has 1 N–H and O–H groups in total. The van der Waals surface area contributed by atoms with E-state index in [1.807, 2.05) is 67.6 Å². The minimum Gasteiger partial charge on any atom is -0.479 e. The van der Waals surface area contributed by atoms with E-state index in [1.54, 1.807) is 12.1 Å². The lowest BCUT2D eigenvalue weighted by molar-refractivity contribution is -0.128. The van der Waals surface area contributed by atoms with Crippen molar-refractivity contribution in [2.45, 2.75) is 32.4 Å². The second-order valence-corrected chi connectivity index (χ2v) is 7.06. The Morgan fingerprint density at radius 2 is 1.61 bits per heavy atom. The lowest BCUT2D eigenvalue weighted by Crippen LogP contribution is -2.40. The van der Waals surface area contributed by atoms with E-state index in [9.17, 15) is 4.79 Å². The smallest absolute Gasteiger partial charge is 0.261 e. The summed E-state index contributed by atoms with van der Waals surface area (Å²) >= 11 is 6.19. The van der Waals surface area contributed by atoms with Crippen LogP contribution in [0.1, 0.15) is 36.1 Å². The van der Waals surface area contributed by atoms with Crippen LogP contribution in [0.3, 0.4) is 0 Å². The van der Waals surface area contributed by atoms with Gasteiger partial charge in [-0.2, -0.15) is 0 Å². The number of halogens is 1. The third-order valence-corrected chi connectivity index (χ3v) is 5.00. The van der Waals surface area contributed by atoms with Crippen LogP contribution in [0.2, 0.25) is 5.02 Å². The van der Waals surface area contributed by atoms with E-state index in [-0.39, 0.29) is 11.9 Å². The van der Waals surface area contributed by atoms with Crippen LogP contribution < -0.4 is 10.1 Å². The van der Waals surface area contributed by atoms with Crippen molar-refractivity contribution in [2.24, 2.45) is 0 Å². The van der Waals surface area contributed by atoms with Crippen molar-refractivity contribution in [1.29, 1.82) is 0 Å². The topological polar surface area (TPSA) is 38.3 Å². The molecule has 3 nitrogen and oxygen atoms in total. The number of para-hydroxylation sites is 1. The minimum atomic E-state index is -0.630. The SMILES string of the molecule is CC[C@@H](Oc1ccccc1Cl)C(=O)N[C@@H](c1ccccc1)c1ccccc1C. The monoisotopic (exact) mass is 393 g/mol. The molecular formula is C24H24ClNO2. The summed E-state index contributed by atoms with van der Waals surface area (Å²) in [6.07, 6.45) is -0.0954. The fraction of sp³-hybridized carbons (Fsp3) is 0.208. The Morgan fingerprint density at radius 1 is 0.964 bits per heavy atom. The van der Waals surface area contributed by atoms with Crippen molar-refractivity contribution in [3.8, 4) is 5.75 Å². The van der Waals surface area contributed by atoms with Crippen molar-refractivity contribution >= 4 is 17.5 Å². The number of ether oxygens (including phenoxy) is 1. The van der Waals surface area contributed by atoms with Gasteiger partial charge in [-0.1, -0.05) is 85.3 Å². The molecule has 3 aromatic rings. The Morgan fingerprint density at radius 3 is 2.29 bits per heavy atom. The Labute approximate surface area is 171 Å². The van der Waals surface area contributed by atoms with Gasteiger partial charge in [-0.05, 0) is 42.2 Å². The van der Waals surface area contributed by atoms with Crippen molar-refractivity contribution in [2.75, 3.05) is 0 Å². The van der Waals surface area contributed by atoms with Crippen molar-refractivity contribution < 1.29 is 9.53 Å². The maximum atomic E-state index is 13.1. The first-order valence-corrected chi connectivity index (χ1v) is 9.80. The second kappa shape index (κ2) is 9.43. The summed E-state index contributed by atoms with van der Waals surface area (Å²) in [7, 11) is 0. The third-order valence-electron chi connectivity index (χ3n) is 4.69. The van der Waals surface area contributed by atoms with Gasteiger partial charge in [0.05, 0.1) is 11.1 Å². The zero-order chi connectivity index (χ0) is 19.9. The lowest BCUT2D eigenvalue weighted by atomic mass is 9.94. The predicted octanol–water partition coefficient (Wildman–Crippen LogP) is 5.71. The van der Waals surface area contributed by atoms with Crippen LogP contribution >= 0.6 is 11.6 Å². The Kier molecular flexibility index (Phi) is 6.72. The number of aryl methyl sites for hydroxylation is 1. The molecule has 4 heteroatoms. The minimum absolute atomic E-state index is 0.167. The first kappa shape index (κ1) is 20.0. The van der Waals surface area contributed by atoms with Crippen LogP contribution in [0.25, 0.3) is 0 Å². The van der Waals surface area contributed by atoms with Gasteiger partial charge in [0.25, 0.3) is 5.91 Å². The molecule has 0 spiro atoms. The van der Waals surface area contributed by atoms with E-state index < -0.39 is 6.10 Å². The second-order valence-electron chi connectivity index (χ2n) is 6.65. The largest absolute Gasteiger partial charge is 0.479 e. The van der Waals surface area contributed by atoms with Crippen molar-refractivity contribution in [3.05, 3.63) is 101 Å². The number of hydrogen-bond acceptors (Lipinski definition) is 2. The maximum Gasteiger partial charge on any atom is 0.261 e. The molecule has 144 valence electrons. The molecule has 0 aliphatic rings. The van der Waals surface area contributed by atoms with Gasteiger partial charge in [-0.25, -0.2) is 0 Å². The highest BCUT2D eigenvalue weighted by Crippen LogP contribution is 2.27. The molecule has 0 saturated carbocycles. The van der Waals surface area contributed by atoms with Crippen LogP contribution in [0.4, 0.5) is 0 Å². The molecule has 0 radical (unpaired) electrons. The molecule has 0 fully saturated rings. The predicted molar refractivity (Wildman–Crippen MR) is 114 cm³/mol. The lowest BCUT2D eigenvalue weighted by Gasteiger charge is -2.25. The zero-order valence-corrected chi connectivity index (χ0v) is 16.8. The average molecular weight is 394 g/mol. The number of benzene rings is 3. The molecule has 0 aromatic heterocycles. The maximum absolute atomic E-state index is 13.1. The molecule has 0 aliphatic heterocycles. The van der Waals surface area contributed by atoms with Gasteiger partial charge >= 0.3 is 0 Å². The third kappa shape index (κ3) is 4.73. The number of hydrogen-bond donors (Lipinski definition) is 1.